The van der Waals surface area contributed by atoms with Gasteiger partial charge in [-0.3, -0.25) is 10.2 Å². The van der Waals surface area contributed by atoms with Crippen LogP contribution in [0.15, 0.2) is 0 Å². The van der Waals surface area contributed by atoms with Crippen molar-refractivity contribution in [1.29, 1.82) is 5.41 Å². The molecule has 0 fully saturated rings. The summed E-state index contributed by atoms with van der Waals surface area (Å²) in [5.74, 6) is -0.757. The molecule has 0 saturated carbocycles. The van der Waals surface area contributed by atoms with Crippen molar-refractivity contribution >= 4 is 57.5 Å². The monoisotopic (exact) mass is 388 g/mol. The minimum atomic E-state index is -4.64. The van der Waals surface area contributed by atoms with Gasteiger partial charge in [-0.05, 0) is 12.8 Å². The van der Waals surface area contributed by atoms with Gasteiger partial charge in [0, 0.05) is 6.54 Å². The molecule has 12 nitrogen and oxygen atoms in total. The van der Waals surface area contributed by atoms with E-state index in [2.05, 4.69) is 10.1 Å². The van der Waals surface area contributed by atoms with Crippen LogP contribution in [0, 0.1) is 5.41 Å². The van der Waals surface area contributed by atoms with E-state index in [1.807, 2.05) is 0 Å². The molecule has 0 aromatic heterocycles. The van der Waals surface area contributed by atoms with Gasteiger partial charge in [0.15, 0.2) is 5.96 Å². The van der Waals surface area contributed by atoms with Crippen molar-refractivity contribution in [2.45, 2.75) is 25.0 Å². The zero-order chi connectivity index (χ0) is 17.8. The van der Waals surface area contributed by atoms with Crippen molar-refractivity contribution < 1.29 is 39.0 Å². The Morgan fingerprint density at radius 3 is 2.22 bits per heavy atom. The van der Waals surface area contributed by atoms with Crippen LogP contribution in [0.25, 0.3) is 0 Å². The summed E-state index contributed by atoms with van der Waals surface area (Å²) < 4.78 is 13.6. The molecule has 0 aliphatic heterocycles. The summed E-state index contributed by atoms with van der Waals surface area (Å²) in [4.78, 5) is 32.8. The third kappa shape index (κ3) is 27.2. The quantitative estimate of drug-likeness (QED) is 0.0481. The van der Waals surface area contributed by atoms with E-state index in [1.54, 1.807) is 0 Å². The predicted octanol–water partition coefficient (Wildman–Crippen LogP) is -4.37. The van der Waals surface area contributed by atoms with Gasteiger partial charge in [0.25, 0.3) is 0 Å². The molecule has 0 heterocycles. The molecule has 0 aromatic carbocycles. The number of hydrogen-bond acceptors (Lipinski definition) is 7. The van der Waals surface area contributed by atoms with Crippen LogP contribution >= 0.6 is 7.82 Å². The Hall–Kier alpha value is -0.0103. The topological polar surface area (TPSA) is 232 Å². The third-order valence-corrected chi connectivity index (χ3v) is 1.94. The van der Waals surface area contributed by atoms with Crippen molar-refractivity contribution in [3.8, 4) is 0 Å². The van der Waals surface area contributed by atoms with Gasteiger partial charge < -0.3 is 46.4 Å². The molecular formula is C9H25CaN4O8P. The second kappa shape index (κ2) is 15.5. The standard InChI is InChI=1S/C9H20N4O4.Ca.H3O4P.2H/c10-7(2-1-3-13-9(11)12)8(16)17-5-6(15)4-14;;1-5(2,3)4;;/h6-7,14-15H,1-5,10H2,(H4,11,12,13);;(H3,1,2,3,4);;/t6?,7-;;;;/m0..../s1. The number of rotatable bonds is 8. The van der Waals surface area contributed by atoms with Crippen LogP contribution in [-0.2, 0) is 14.1 Å². The van der Waals surface area contributed by atoms with Crippen LogP contribution in [0.4, 0.5) is 0 Å². The minimum absolute atomic E-state index is 0. The molecule has 0 amide bonds. The van der Waals surface area contributed by atoms with E-state index >= 15 is 0 Å². The fourth-order valence-electron chi connectivity index (χ4n) is 1.00. The van der Waals surface area contributed by atoms with E-state index in [1.165, 1.54) is 0 Å². The first-order valence-electron chi connectivity index (χ1n) is 6.04. The number of carbonyl (C=O) groups is 1. The van der Waals surface area contributed by atoms with Crippen LogP contribution in [-0.4, -0.2) is 106 Å². The van der Waals surface area contributed by atoms with Crippen molar-refractivity contribution in [3.63, 3.8) is 0 Å². The summed E-state index contributed by atoms with van der Waals surface area (Å²) in [5.41, 5.74) is 10.6. The summed E-state index contributed by atoms with van der Waals surface area (Å²) in [7, 11) is -4.64. The van der Waals surface area contributed by atoms with Gasteiger partial charge in [0.2, 0.25) is 0 Å². The zero-order valence-corrected chi connectivity index (χ0v) is 12.6. The molecule has 0 rings (SSSR count). The second-order valence-corrected chi connectivity index (χ2v) is 5.10. The van der Waals surface area contributed by atoms with Gasteiger partial charge >= 0.3 is 51.5 Å². The number of esters is 1. The summed E-state index contributed by atoms with van der Waals surface area (Å²) in [6.45, 7) is -0.282. The Morgan fingerprint density at radius 2 is 1.83 bits per heavy atom. The van der Waals surface area contributed by atoms with Crippen LogP contribution in [0.5, 0.6) is 0 Å². The van der Waals surface area contributed by atoms with Gasteiger partial charge in [-0.25, -0.2) is 4.57 Å². The molecule has 14 heteroatoms. The van der Waals surface area contributed by atoms with Gasteiger partial charge in [0.05, 0.1) is 6.61 Å². The van der Waals surface area contributed by atoms with Gasteiger partial charge in [0.1, 0.15) is 18.8 Å². The first kappa shape index (κ1) is 27.8. The molecule has 136 valence electrons. The number of carbonyl (C=O) groups excluding carboxylic acids is 1. The van der Waals surface area contributed by atoms with Gasteiger partial charge in [-0.1, -0.05) is 0 Å². The van der Waals surface area contributed by atoms with E-state index in [-0.39, 0.29) is 50.3 Å². The van der Waals surface area contributed by atoms with Crippen molar-refractivity contribution in [2.24, 2.45) is 11.5 Å². The van der Waals surface area contributed by atoms with E-state index in [4.69, 9.17) is 46.3 Å². The van der Waals surface area contributed by atoms with E-state index in [0.29, 0.717) is 19.4 Å². The normalized spacial score (nSPS) is 12.8. The van der Waals surface area contributed by atoms with E-state index < -0.39 is 32.5 Å². The molecular weight excluding hydrogens is 363 g/mol. The SMILES string of the molecule is N=C(N)NCCC[C@H](N)C(=O)OCC(O)CO.O=P(O)(O)O.[CaH2]. The number of nitrogens with one attached hydrogen (secondary N) is 2. The molecule has 0 spiro atoms. The molecule has 2 atom stereocenters. The van der Waals surface area contributed by atoms with Crippen LogP contribution < -0.4 is 16.8 Å². The number of ether oxygens (including phenoxy) is 1. The Balaban J connectivity index is -0.000000578. The molecule has 0 radical (unpaired) electrons. The summed E-state index contributed by atoms with van der Waals surface area (Å²) in [5, 5.41) is 26.9. The van der Waals surface area contributed by atoms with E-state index in [0.717, 1.165) is 0 Å². The first-order chi connectivity index (χ1) is 9.97. The summed E-state index contributed by atoms with van der Waals surface area (Å²) in [6, 6.07) is -0.783. The Bertz CT molecular complexity index is 374. The number of phosphoric acid groups is 1. The second-order valence-electron chi connectivity index (χ2n) is 4.07. The van der Waals surface area contributed by atoms with Crippen molar-refractivity contribution in [2.75, 3.05) is 19.8 Å². The number of hydrogen-bond donors (Lipinski definition) is 9. The molecule has 0 bridgehead atoms. The molecule has 1 unspecified atom stereocenters. The first-order valence-corrected chi connectivity index (χ1v) is 7.61. The number of nitrogens with two attached hydrogens (primary N) is 2. The van der Waals surface area contributed by atoms with Crippen LogP contribution in [0.1, 0.15) is 12.8 Å². The van der Waals surface area contributed by atoms with E-state index in [9.17, 15) is 4.79 Å². The average Bonchev–Trinajstić information content (AvgIpc) is 2.38. The number of aliphatic hydroxyl groups excluding tert-OH is 2. The number of aliphatic hydroxyl groups is 2. The number of guanidine groups is 1. The fraction of sp³-hybridized carbons (Fsp3) is 0.778. The van der Waals surface area contributed by atoms with Crippen LogP contribution in [0.3, 0.4) is 0 Å². The Kier molecular flexibility index (Phi) is 18.8. The molecule has 11 N–H and O–H groups in total. The molecule has 0 aromatic rings. The predicted molar refractivity (Wildman–Crippen MR) is 84.0 cm³/mol. The fourth-order valence-corrected chi connectivity index (χ4v) is 1.00. The van der Waals surface area contributed by atoms with Crippen LogP contribution in [0.2, 0.25) is 0 Å². The molecule has 0 aliphatic rings. The average molecular weight is 388 g/mol. The summed E-state index contributed by atoms with van der Waals surface area (Å²) >= 11 is 0. The maximum absolute atomic E-state index is 11.3. The Labute approximate surface area is 162 Å². The molecule has 0 aliphatic carbocycles. The summed E-state index contributed by atoms with van der Waals surface area (Å²) in [6.07, 6.45) is -0.127. The zero-order valence-electron chi connectivity index (χ0n) is 11.8. The van der Waals surface area contributed by atoms with Gasteiger partial charge in [-0.15, -0.1) is 0 Å². The van der Waals surface area contributed by atoms with Gasteiger partial charge in [-0.2, -0.15) is 0 Å². The molecule has 0 saturated heterocycles. The van der Waals surface area contributed by atoms with Crippen molar-refractivity contribution in [3.05, 3.63) is 0 Å². The maximum atomic E-state index is 11.3. The Morgan fingerprint density at radius 1 is 1.35 bits per heavy atom. The molecule has 23 heavy (non-hydrogen) atoms. The van der Waals surface area contributed by atoms with Crippen molar-refractivity contribution in [1.82, 2.24) is 5.32 Å². The third-order valence-electron chi connectivity index (χ3n) is 1.94.